The van der Waals surface area contributed by atoms with Crippen LogP contribution in [0, 0.1) is 13.8 Å². The molecule has 1 aliphatic rings. The molecule has 1 aliphatic carbocycles. The highest BCUT2D eigenvalue weighted by Gasteiger charge is 2.32. The van der Waals surface area contributed by atoms with Crippen LogP contribution < -0.4 is 10.6 Å². The summed E-state index contributed by atoms with van der Waals surface area (Å²) in [4.78, 5) is 34.4. The monoisotopic (exact) mass is 540 g/mol. The zero-order valence-corrected chi connectivity index (χ0v) is 23.2. The van der Waals surface area contributed by atoms with E-state index in [1.54, 1.807) is 6.07 Å². The third-order valence-corrected chi connectivity index (χ3v) is 8.04. The molecule has 0 aliphatic heterocycles. The first-order valence-electron chi connectivity index (χ1n) is 13.1. The van der Waals surface area contributed by atoms with E-state index >= 15 is 0 Å². The number of aromatic nitrogens is 2. The Hall–Kier alpha value is -3.88. The number of carbonyl (C=O) groups excluding carboxylic acids is 2. The predicted molar refractivity (Wildman–Crippen MR) is 155 cm³/mol. The van der Waals surface area contributed by atoms with Crippen molar-refractivity contribution in [3.8, 4) is 22.4 Å². The first kappa shape index (κ1) is 26.7. The molecular weight excluding hydrogens is 508 g/mol. The van der Waals surface area contributed by atoms with Gasteiger partial charge >= 0.3 is 0 Å². The molecule has 2 aromatic carbocycles. The van der Waals surface area contributed by atoms with Gasteiger partial charge in [-0.3, -0.25) is 14.6 Å². The van der Waals surface area contributed by atoms with Gasteiger partial charge in [0.15, 0.2) is 5.13 Å². The van der Waals surface area contributed by atoms with Crippen LogP contribution in [0.5, 0.6) is 0 Å². The summed E-state index contributed by atoms with van der Waals surface area (Å²) in [5.74, 6) is -0.670. The van der Waals surface area contributed by atoms with Crippen LogP contribution in [0.25, 0.3) is 22.4 Å². The summed E-state index contributed by atoms with van der Waals surface area (Å²) in [5, 5.41) is 17.8. The number of pyridine rings is 1. The minimum atomic E-state index is -0.348. The number of fused-ring (bicyclic) bond motifs is 1. The number of hydrogen-bond acceptors (Lipinski definition) is 6. The number of benzene rings is 2. The van der Waals surface area contributed by atoms with Crippen molar-refractivity contribution in [2.45, 2.75) is 45.4 Å². The van der Waals surface area contributed by atoms with Crippen molar-refractivity contribution in [2.75, 3.05) is 18.5 Å². The fourth-order valence-corrected chi connectivity index (χ4v) is 5.95. The van der Waals surface area contributed by atoms with Crippen LogP contribution >= 0.6 is 11.3 Å². The molecule has 0 saturated heterocycles. The first-order valence-corrected chi connectivity index (χ1v) is 14.0. The normalized spacial score (nSPS) is 16.4. The second kappa shape index (κ2) is 11.1. The van der Waals surface area contributed by atoms with Gasteiger partial charge in [0.1, 0.15) is 0 Å². The van der Waals surface area contributed by atoms with Crippen molar-refractivity contribution in [2.24, 2.45) is 0 Å². The molecule has 0 spiro atoms. The predicted octanol–water partition coefficient (Wildman–Crippen LogP) is 5.44. The maximum Gasteiger partial charge on any atom is 0.251 e. The van der Waals surface area contributed by atoms with Gasteiger partial charge in [0.05, 0.1) is 18.8 Å². The molecule has 0 fully saturated rings. The van der Waals surface area contributed by atoms with Crippen LogP contribution in [0.3, 0.4) is 0 Å². The van der Waals surface area contributed by atoms with Crippen molar-refractivity contribution >= 4 is 28.3 Å². The second-order valence-electron chi connectivity index (χ2n) is 10.4. The molecule has 0 radical (unpaired) electrons. The lowest BCUT2D eigenvalue weighted by Crippen LogP contribution is -2.34. The smallest absolute Gasteiger partial charge is 0.251 e. The molecule has 0 unspecified atom stereocenters. The molecular formula is C31H32N4O3S. The van der Waals surface area contributed by atoms with Gasteiger partial charge in [0.25, 0.3) is 5.91 Å². The Bertz CT molecular complexity index is 1530. The Kier molecular flexibility index (Phi) is 7.59. The number of hydrogen-bond donors (Lipinski definition) is 3. The average Bonchev–Trinajstić information content (AvgIpc) is 3.40. The molecule has 4 aromatic rings. The largest absolute Gasteiger partial charge is 0.395 e. The maximum absolute atomic E-state index is 12.8. The Morgan fingerprint density at radius 1 is 1.00 bits per heavy atom. The highest BCUT2D eigenvalue weighted by Crippen LogP contribution is 2.37. The van der Waals surface area contributed by atoms with Crippen molar-refractivity contribution in [3.05, 3.63) is 88.1 Å². The van der Waals surface area contributed by atoms with Gasteiger partial charge in [-0.25, -0.2) is 4.98 Å². The van der Waals surface area contributed by atoms with Gasteiger partial charge in [0, 0.05) is 33.3 Å². The van der Waals surface area contributed by atoms with Gasteiger partial charge in [-0.1, -0.05) is 31.2 Å². The summed E-state index contributed by atoms with van der Waals surface area (Å²) in [7, 11) is 0. The Morgan fingerprint density at radius 2 is 1.77 bits per heavy atom. The summed E-state index contributed by atoms with van der Waals surface area (Å²) >= 11 is 1.34. The zero-order chi connectivity index (χ0) is 27.6. The average molecular weight is 541 g/mol. The fraction of sp³-hybridized carbons (Fsp3) is 0.290. The number of aryl methyl sites for hydroxylation is 3. The quantitative estimate of drug-likeness (QED) is 0.289. The van der Waals surface area contributed by atoms with Crippen LogP contribution in [-0.2, 0) is 16.6 Å². The molecule has 2 amide bonds. The van der Waals surface area contributed by atoms with Crippen LogP contribution in [0.4, 0.5) is 5.13 Å². The number of rotatable bonds is 7. The number of amides is 2. The standard InChI is InChI=1S/C31H32N4O3S/c1-19-12-25(13-20(2)33-19)22-6-4-7-23(14-22)27-17-39-30(34-27)35-28(37)16-32-29(38)24-10-9-21-8-5-11-31(3,18-36)26(21)15-24/h4,6-7,9-10,12-15,17,36H,5,8,11,16,18H2,1-3H3,(H,32,38)(H,34,35,37)/t31-/m1/s1. The maximum atomic E-state index is 12.8. The van der Waals surface area contributed by atoms with E-state index in [-0.39, 0.29) is 30.4 Å². The van der Waals surface area contributed by atoms with Crippen molar-refractivity contribution in [3.63, 3.8) is 0 Å². The van der Waals surface area contributed by atoms with E-state index in [2.05, 4.69) is 44.9 Å². The lowest BCUT2D eigenvalue weighted by molar-refractivity contribution is -0.115. The number of thiazole rings is 1. The van der Waals surface area contributed by atoms with Crippen LogP contribution in [0.2, 0.25) is 0 Å². The molecule has 1 atom stereocenters. The molecule has 0 saturated carbocycles. The van der Waals surface area contributed by atoms with Crippen LogP contribution in [0.1, 0.15) is 52.6 Å². The molecule has 5 rings (SSSR count). The van der Waals surface area contributed by atoms with E-state index in [0.29, 0.717) is 10.7 Å². The molecule has 200 valence electrons. The number of nitrogens with zero attached hydrogens (tertiary/aromatic N) is 2. The van der Waals surface area contributed by atoms with E-state index in [9.17, 15) is 14.7 Å². The van der Waals surface area contributed by atoms with Gasteiger partial charge in [-0.05, 0) is 85.7 Å². The highest BCUT2D eigenvalue weighted by atomic mass is 32.1. The summed E-state index contributed by atoms with van der Waals surface area (Å²) in [6, 6.07) is 17.8. The fourth-order valence-electron chi connectivity index (χ4n) is 5.21. The molecule has 7 nitrogen and oxygen atoms in total. The van der Waals surface area contributed by atoms with Crippen molar-refractivity contribution in [1.29, 1.82) is 0 Å². The third kappa shape index (κ3) is 5.92. The molecule has 39 heavy (non-hydrogen) atoms. The third-order valence-electron chi connectivity index (χ3n) is 7.28. The molecule has 2 heterocycles. The Morgan fingerprint density at radius 3 is 2.54 bits per heavy atom. The zero-order valence-electron chi connectivity index (χ0n) is 22.4. The topological polar surface area (TPSA) is 104 Å². The van der Waals surface area contributed by atoms with Crippen LogP contribution in [0.15, 0.2) is 60.0 Å². The lowest BCUT2D eigenvalue weighted by Gasteiger charge is -2.34. The minimum absolute atomic E-state index is 0.0383. The lowest BCUT2D eigenvalue weighted by atomic mass is 9.71. The highest BCUT2D eigenvalue weighted by molar-refractivity contribution is 7.14. The first-order chi connectivity index (χ1) is 18.7. The summed E-state index contributed by atoms with van der Waals surface area (Å²) in [6.07, 6.45) is 2.84. The SMILES string of the molecule is Cc1cc(-c2cccc(-c3csc(NC(=O)CNC(=O)c4ccc5c(c4)[C@@](C)(CO)CCC5)n3)c2)cc(C)n1. The van der Waals surface area contributed by atoms with Gasteiger partial charge in [-0.15, -0.1) is 11.3 Å². The number of carbonyl (C=O) groups is 2. The van der Waals surface area contributed by atoms with E-state index in [4.69, 9.17) is 0 Å². The van der Waals surface area contributed by atoms with Crippen molar-refractivity contribution in [1.82, 2.24) is 15.3 Å². The Labute approximate surface area is 232 Å². The van der Waals surface area contributed by atoms with E-state index in [1.165, 1.54) is 16.9 Å². The summed E-state index contributed by atoms with van der Waals surface area (Å²) < 4.78 is 0. The summed E-state index contributed by atoms with van der Waals surface area (Å²) in [6.45, 7) is 5.87. The summed E-state index contributed by atoms with van der Waals surface area (Å²) in [5.41, 5.74) is 8.15. The van der Waals surface area contributed by atoms with Crippen molar-refractivity contribution < 1.29 is 14.7 Å². The number of aliphatic hydroxyl groups is 1. The number of nitrogens with one attached hydrogen (secondary N) is 2. The minimum Gasteiger partial charge on any atom is -0.395 e. The second-order valence-corrected chi connectivity index (χ2v) is 11.3. The van der Waals surface area contributed by atoms with E-state index in [0.717, 1.165) is 58.6 Å². The van der Waals surface area contributed by atoms with E-state index in [1.807, 2.05) is 50.4 Å². The number of aliphatic hydroxyl groups excluding tert-OH is 1. The van der Waals surface area contributed by atoms with E-state index < -0.39 is 0 Å². The molecule has 8 heteroatoms. The Balaban J connectivity index is 1.22. The molecule has 2 aromatic heterocycles. The molecule has 3 N–H and O–H groups in total. The van der Waals surface area contributed by atoms with Gasteiger partial charge < -0.3 is 15.7 Å². The number of anilines is 1. The van der Waals surface area contributed by atoms with Gasteiger partial charge in [-0.2, -0.15) is 0 Å². The molecule has 0 bridgehead atoms. The van der Waals surface area contributed by atoms with Crippen LogP contribution in [-0.4, -0.2) is 40.0 Å². The van der Waals surface area contributed by atoms with Gasteiger partial charge in [0.2, 0.25) is 5.91 Å².